The van der Waals surface area contributed by atoms with Gasteiger partial charge in [0.2, 0.25) is 11.8 Å². The fraction of sp³-hybridized carbons (Fsp3) is 0.750. The molecule has 0 saturated heterocycles. The predicted octanol–water partition coefficient (Wildman–Crippen LogP) is 1.26. The van der Waals surface area contributed by atoms with Crippen LogP contribution in [0.1, 0.15) is 51.9 Å². The second-order valence-corrected chi connectivity index (χ2v) is 6.30. The zero-order chi connectivity index (χ0) is 16.5. The highest BCUT2D eigenvalue weighted by atomic mass is 16.2. The second-order valence-electron chi connectivity index (χ2n) is 6.30. The van der Waals surface area contributed by atoms with E-state index in [4.69, 9.17) is 0 Å². The SMILES string of the molecule is C[C@@H](NC(=O)CC1CCCCC1)C(=O)NCCCn1cncn1. The highest BCUT2D eigenvalue weighted by Gasteiger charge is 2.20. The number of hydrogen-bond donors (Lipinski definition) is 2. The Morgan fingerprint density at radius 2 is 2.09 bits per heavy atom. The lowest BCUT2D eigenvalue weighted by Gasteiger charge is -2.22. The van der Waals surface area contributed by atoms with E-state index in [0.717, 1.165) is 19.3 Å². The third kappa shape index (κ3) is 6.38. The minimum absolute atomic E-state index is 0.0119. The number of carbonyl (C=O) groups excluding carboxylic acids is 2. The Kier molecular flexibility index (Phi) is 7.03. The van der Waals surface area contributed by atoms with Crippen molar-refractivity contribution in [3.05, 3.63) is 12.7 Å². The minimum Gasteiger partial charge on any atom is -0.354 e. The van der Waals surface area contributed by atoms with Crippen molar-refractivity contribution < 1.29 is 9.59 Å². The molecule has 1 fully saturated rings. The number of carbonyl (C=O) groups is 2. The number of nitrogens with zero attached hydrogens (tertiary/aromatic N) is 3. The van der Waals surface area contributed by atoms with Crippen molar-refractivity contribution in [1.82, 2.24) is 25.4 Å². The van der Waals surface area contributed by atoms with Crippen LogP contribution in [0.25, 0.3) is 0 Å². The molecule has 1 heterocycles. The first kappa shape index (κ1) is 17.4. The van der Waals surface area contributed by atoms with E-state index in [1.54, 1.807) is 17.9 Å². The summed E-state index contributed by atoms with van der Waals surface area (Å²) in [4.78, 5) is 27.8. The molecule has 1 saturated carbocycles. The number of hydrogen-bond acceptors (Lipinski definition) is 4. The summed E-state index contributed by atoms with van der Waals surface area (Å²) in [6, 6.07) is -0.488. The molecule has 0 unspecified atom stereocenters. The lowest BCUT2D eigenvalue weighted by atomic mass is 9.87. The summed E-state index contributed by atoms with van der Waals surface area (Å²) < 4.78 is 1.72. The topological polar surface area (TPSA) is 88.9 Å². The highest BCUT2D eigenvalue weighted by Crippen LogP contribution is 2.26. The lowest BCUT2D eigenvalue weighted by molar-refractivity contribution is -0.129. The minimum atomic E-state index is -0.488. The molecule has 7 heteroatoms. The Labute approximate surface area is 137 Å². The van der Waals surface area contributed by atoms with Crippen molar-refractivity contribution in [3.63, 3.8) is 0 Å². The number of aromatic nitrogens is 3. The number of nitrogens with one attached hydrogen (secondary N) is 2. The average Bonchev–Trinajstić information content (AvgIpc) is 3.05. The van der Waals surface area contributed by atoms with Crippen molar-refractivity contribution in [1.29, 1.82) is 0 Å². The van der Waals surface area contributed by atoms with Crippen LogP contribution in [-0.2, 0) is 16.1 Å². The van der Waals surface area contributed by atoms with Crippen molar-refractivity contribution in [2.75, 3.05) is 6.54 Å². The van der Waals surface area contributed by atoms with Crippen LogP contribution in [0.4, 0.5) is 0 Å². The van der Waals surface area contributed by atoms with Crippen molar-refractivity contribution in [3.8, 4) is 0 Å². The van der Waals surface area contributed by atoms with E-state index in [9.17, 15) is 9.59 Å². The maximum Gasteiger partial charge on any atom is 0.242 e. The van der Waals surface area contributed by atoms with Crippen molar-refractivity contribution in [2.24, 2.45) is 5.92 Å². The molecule has 2 N–H and O–H groups in total. The van der Waals surface area contributed by atoms with Crippen LogP contribution in [-0.4, -0.2) is 39.2 Å². The van der Waals surface area contributed by atoms with E-state index in [1.165, 1.54) is 25.6 Å². The van der Waals surface area contributed by atoms with Crippen LogP contribution in [0, 0.1) is 5.92 Å². The summed E-state index contributed by atoms with van der Waals surface area (Å²) in [5.74, 6) is 0.337. The summed E-state index contributed by atoms with van der Waals surface area (Å²) in [5.41, 5.74) is 0. The first-order valence-electron chi connectivity index (χ1n) is 8.54. The number of amides is 2. The van der Waals surface area contributed by atoms with Crippen LogP contribution in [0.15, 0.2) is 12.7 Å². The van der Waals surface area contributed by atoms with E-state index >= 15 is 0 Å². The Morgan fingerprint density at radius 1 is 1.30 bits per heavy atom. The van der Waals surface area contributed by atoms with Gasteiger partial charge in [-0.05, 0) is 32.1 Å². The van der Waals surface area contributed by atoms with Crippen LogP contribution >= 0.6 is 0 Å². The Balaban J connectivity index is 1.58. The first-order chi connectivity index (χ1) is 11.1. The summed E-state index contributed by atoms with van der Waals surface area (Å²) in [6.07, 6.45) is 10.5. The molecule has 0 bridgehead atoms. The maximum atomic E-state index is 12.0. The summed E-state index contributed by atoms with van der Waals surface area (Å²) in [5, 5.41) is 9.64. The highest BCUT2D eigenvalue weighted by molar-refractivity contribution is 5.87. The molecule has 0 spiro atoms. The normalized spacial score (nSPS) is 16.7. The van der Waals surface area contributed by atoms with Gasteiger partial charge >= 0.3 is 0 Å². The average molecular weight is 321 g/mol. The van der Waals surface area contributed by atoms with Crippen LogP contribution in [0.3, 0.4) is 0 Å². The lowest BCUT2D eigenvalue weighted by Crippen LogP contribution is -2.45. The summed E-state index contributed by atoms with van der Waals surface area (Å²) >= 11 is 0. The summed E-state index contributed by atoms with van der Waals surface area (Å²) in [7, 11) is 0. The molecule has 1 aromatic heterocycles. The number of rotatable bonds is 8. The molecule has 0 radical (unpaired) electrons. The van der Waals surface area contributed by atoms with E-state index in [1.807, 2.05) is 0 Å². The Morgan fingerprint density at radius 3 is 2.78 bits per heavy atom. The zero-order valence-corrected chi connectivity index (χ0v) is 13.8. The molecule has 0 aliphatic heterocycles. The van der Waals surface area contributed by atoms with Gasteiger partial charge in [0.05, 0.1) is 0 Å². The van der Waals surface area contributed by atoms with E-state index in [0.29, 0.717) is 25.4 Å². The molecule has 0 aromatic carbocycles. The summed E-state index contributed by atoms with van der Waals surface area (Å²) in [6.45, 7) is 3.00. The largest absolute Gasteiger partial charge is 0.354 e. The van der Waals surface area contributed by atoms with Crippen LogP contribution in [0.5, 0.6) is 0 Å². The molecular weight excluding hydrogens is 294 g/mol. The van der Waals surface area contributed by atoms with Gasteiger partial charge < -0.3 is 10.6 Å². The van der Waals surface area contributed by atoms with Gasteiger partial charge in [0.15, 0.2) is 0 Å². The van der Waals surface area contributed by atoms with Gasteiger partial charge in [-0.3, -0.25) is 14.3 Å². The van der Waals surface area contributed by atoms with E-state index in [2.05, 4.69) is 20.7 Å². The molecule has 2 rings (SSSR count). The Bertz CT molecular complexity index is 483. The molecule has 7 nitrogen and oxygen atoms in total. The van der Waals surface area contributed by atoms with Gasteiger partial charge in [-0.15, -0.1) is 0 Å². The molecule has 23 heavy (non-hydrogen) atoms. The molecular formula is C16H27N5O2. The second kappa shape index (κ2) is 9.27. The Hall–Kier alpha value is -1.92. The van der Waals surface area contributed by atoms with E-state index < -0.39 is 6.04 Å². The molecule has 128 valence electrons. The van der Waals surface area contributed by atoms with Crippen molar-refractivity contribution >= 4 is 11.8 Å². The third-order valence-corrected chi connectivity index (χ3v) is 4.30. The van der Waals surface area contributed by atoms with Gasteiger partial charge in [-0.2, -0.15) is 5.10 Å². The predicted molar refractivity (Wildman–Crippen MR) is 86.4 cm³/mol. The standard InChI is InChI=1S/C16H27N5O2/c1-13(20-15(22)10-14-6-3-2-4-7-14)16(23)18-8-5-9-21-12-17-11-19-21/h11-14H,2-10H2,1H3,(H,18,23)(H,20,22)/t13-/m1/s1. The van der Waals surface area contributed by atoms with Crippen LogP contribution < -0.4 is 10.6 Å². The quantitative estimate of drug-likeness (QED) is 0.706. The molecule has 1 aromatic rings. The fourth-order valence-corrected chi connectivity index (χ4v) is 2.97. The third-order valence-electron chi connectivity index (χ3n) is 4.30. The van der Waals surface area contributed by atoms with Crippen molar-refractivity contribution in [2.45, 2.75) is 64.5 Å². The first-order valence-corrected chi connectivity index (χ1v) is 8.54. The molecule has 2 amide bonds. The van der Waals surface area contributed by atoms with E-state index in [-0.39, 0.29) is 11.8 Å². The molecule has 1 aliphatic rings. The maximum absolute atomic E-state index is 12.0. The number of aryl methyl sites for hydroxylation is 1. The van der Waals surface area contributed by atoms with Gasteiger partial charge in [0.1, 0.15) is 18.7 Å². The smallest absolute Gasteiger partial charge is 0.242 e. The zero-order valence-electron chi connectivity index (χ0n) is 13.8. The molecule has 1 atom stereocenters. The van der Waals surface area contributed by atoms with Gasteiger partial charge in [0, 0.05) is 19.5 Å². The van der Waals surface area contributed by atoms with Crippen LogP contribution in [0.2, 0.25) is 0 Å². The fourth-order valence-electron chi connectivity index (χ4n) is 2.97. The van der Waals surface area contributed by atoms with Gasteiger partial charge in [-0.1, -0.05) is 19.3 Å². The molecule has 1 aliphatic carbocycles. The van der Waals surface area contributed by atoms with Gasteiger partial charge in [-0.25, -0.2) is 4.98 Å². The van der Waals surface area contributed by atoms with Gasteiger partial charge in [0.25, 0.3) is 0 Å². The monoisotopic (exact) mass is 321 g/mol.